The van der Waals surface area contributed by atoms with Crippen LogP contribution in [0.25, 0.3) is 0 Å². The van der Waals surface area contributed by atoms with E-state index in [0.717, 1.165) is 35.3 Å². The van der Waals surface area contributed by atoms with Crippen LogP contribution in [-0.4, -0.2) is 38.1 Å². The average Bonchev–Trinajstić information content (AvgIpc) is 2.87. The van der Waals surface area contributed by atoms with E-state index in [4.69, 9.17) is 9.15 Å². The summed E-state index contributed by atoms with van der Waals surface area (Å²) in [6, 6.07) is 11.9. The third-order valence-corrected chi connectivity index (χ3v) is 3.59. The van der Waals surface area contributed by atoms with Gasteiger partial charge in [0.25, 0.3) is 0 Å². The second kappa shape index (κ2) is 8.27. The van der Waals surface area contributed by atoms with Crippen molar-refractivity contribution in [3.05, 3.63) is 53.5 Å². The Bertz CT molecular complexity index is 635. The van der Waals surface area contributed by atoms with E-state index in [1.807, 2.05) is 62.2 Å². The number of furan rings is 1. The summed E-state index contributed by atoms with van der Waals surface area (Å²) in [4.78, 5) is 6.36. The van der Waals surface area contributed by atoms with Crippen LogP contribution < -0.4 is 10.1 Å². The van der Waals surface area contributed by atoms with Crippen LogP contribution in [-0.2, 0) is 6.54 Å². The Hall–Kier alpha value is -2.43. The predicted molar refractivity (Wildman–Crippen MR) is 92.9 cm³/mol. The minimum atomic E-state index is 0.602. The Kier molecular flexibility index (Phi) is 6.09. The number of aryl methyl sites for hydroxylation is 2. The Labute approximate surface area is 138 Å². The quantitative estimate of drug-likeness (QED) is 0.658. The SMILES string of the molecule is CN=C(NCc1cc(C)oc1C)N(C)CCOc1ccccc1. The second-order valence-electron chi connectivity index (χ2n) is 5.42. The van der Waals surface area contributed by atoms with Gasteiger partial charge in [0.15, 0.2) is 5.96 Å². The first-order valence-corrected chi connectivity index (χ1v) is 7.75. The number of para-hydroxylation sites is 1. The first kappa shape index (κ1) is 16.9. The Balaban J connectivity index is 1.79. The average molecular weight is 315 g/mol. The molecule has 0 aliphatic heterocycles. The van der Waals surface area contributed by atoms with Crippen molar-refractivity contribution in [3.8, 4) is 5.75 Å². The van der Waals surface area contributed by atoms with Crippen LogP contribution in [0.5, 0.6) is 5.75 Å². The molecule has 0 aliphatic rings. The van der Waals surface area contributed by atoms with Crippen LogP contribution in [0.3, 0.4) is 0 Å². The molecule has 124 valence electrons. The second-order valence-corrected chi connectivity index (χ2v) is 5.42. The predicted octanol–water partition coefficient (Wildman–Crippen LogP) is 2.98. The minimum absolute atomic E-state index is 0.602. The molecule has 0 aliphatic carbocycles. The number of hydrogen-bond acceptors (Lipinski definition) is 3. The molecular formula is C18H25N3O2. The molecule has 5 heteroatoms. The number of guanidine groups is 1. The van der Waals surface area contributed by atoms with Crippen molar-refractivity contribution in [1.29, 1.82) is 0 Å². The van der Waals surface area contributed by atoms with E-state index < -0.39 is 0 Å². The number of ether oxygens (including phenoxy) is 1. The van der Waals surface area contributed by atoms with E-state index in [1.165, 1.54) is 0 Å². The molecule has 0 atom stereocenters. The van der Waals surface area contributed by atoms with Crippen molar-refractivity contribution in [1.82, 2.24) is 10.2 Å². The normalized spacial score (nSPS) is 11.4. The topological polar surface area (TPSA) is 50.0 Å². The summed E-state index contributed by atoms with van der Waals surface area (Å²) in [5.74, 6) is 3.59. The standard InChI is InChI=1S/C18H25N3O2/c1-14-12-16(15(2)23-14)13-20-18(19-3)21(4)10-11-22-17-8-6-5-7-9-17/h5-9,12H,10-11,13H2,1-4H3,(H,19,20). The summed E-state index contributed by atoms with van der Waals surface area (Å²) in [6.07, 6.45) is 0. The van der Waals surface area contributed by atoms with Gasteiger partial charge in [0.2, 0.25) is 0 Å². The zero-order chi connectivity index (χ0) is 16.7. The van der Waals surface area contributed by atoms with Crippen molar-refractivity contribution in [2.45, 2.75) is 20.4 Å². The van der Waals surface area contributed by atoms with E-state index in [1.54, 1.807) is 7.05 Å². The molecule has 1 aromatic carbocycles. The Morgan fingerprint density at radius 3 is 2.61 bits per heavy atom. The van der Waals surface area contributed by atoms with Crippen molar-refractivity contribution in [3.63, 3.8) is 0 Å². The monoisotopic (exact) mass is 315 g/mol. The van der Waals surface area contributed by atoms with Gasteiger partial charge in [-0.25, -0.2) is 0 Å². The maximum absolute atomic E-state index is 5.72. The third-order valence-electron chi connectivity index (χ3n) is 3.59. The zero-order valence-electron chi connectivity index (χ0n) is 14.3. The number of benzene rings is 1. The number of likely N-dealkylation sites (N-methyl/N-ethyl adjacent to an activating group) is 1. The van der Waals surface area contributed by atoms with Gasteiger partial charge in [-0.05, 0) is 32.0 Å². The van der Waals surface area contributed by atoms with Gasteiger partial charge in [-0.15, -0.1) is 0 Å². The maximum Gasteiger partial charge on any atom is 0.193 e. The fourth-order valence-electron chi connectivity index (χ4n) is 2.34. The molecule has 0 bridgehead atoms. The van der Waals surface area contributed by atoms with Crippen LogP contribution in [0.15, 0.2) is 45.8 Å². The number of hydrogen-bond donors (Lipinski definition) is 1. The number of nitrogens with zero attached hydrogens (tertiary/aromatic N) is 2. The summed E-state index contributed by atoms with van der Waals surface area (Å²) < 4.78 is 11.3. The van der Waals surface area contributed by atoms with E-state index in [0.29, 0.717) is 13.2 Å². The first-order valence-electron chi connectivity index (χ1n) is 7.75. The molecule has 2 rings (SSSR count). The molecule has 5 nitrogen and oxygen atoms in total. The molecule has 1 N–H and O–H groups in total. The summed E-state index contributed by atoms with van der Waals surface area (Å²) in [5.41, 5.74) is 1.15. The van der Waals surface area contributed by atoms with Gasteiger partial charge >= 0.3 is 0 Å². The lowest BCUT2D eigenvalue weighted by Gasteiger charge is -2.22. The largest absolute Gasteiger partial charge is 0.492 e. The molecule has 0 saturated heterocycles. The first-order chi connectivity index (χ1) is 11.1. The number of aliphatic imine (C=N–C) groups is 1. The maximum atomic E-state index is 5.72. The fraction of sp³-hybridized carbons (Fsp3) is 0.389. The highest BCUT2D eigenvalue weighted by Gasteiger charge is 2.09. The van der Waals surface area contributed by atoms with Gasteiger partial charge in [0.1, 0.15) is 23.9 Å². The van der Waals surface area contributed by atoms with Gasteiger partial charge in [0, 0.05) is 26.2 Å². The molecule has 0 saturated carbocycles. The lowest BCUT2D eigenvalue weighted by Crippen LogP contribution is -2.40. The molecular weight excluding hydrogens is 290 g/mol. The molecule has 23 heavy (non-hydrogen) atoms. The number of nitrogens with one attached hydrogen (secondary N) is 1. The van der Waals surface area contributed by atoms with Gasteiger partial charge in [-0.3, -0.25) is 4.99 Å². The van der Waals surface area contributed by atoms with Gasteiger partial charge in [0.05, 0.1) is 6.54 Å². The molecule has 0 fully saturated rings. The molecule has 1 heterocycles. The summed E-state index contributed by atoms with van der Waals surface area (Å²) >= 11 is 0. The highest BCUT2D eigenvalue weighted by Crippen LogP contribution is 2.13. The zero-order valence-corrected chi connectivity index (χ0v) is 14.3. The fourth-order valence-corrected chi connectivity index (χ4v) is 2.34. The summed E-state index contributed by atoms with van der Waals surface area (Å²) in [5, 5.41) is 3.35. The summed E-state index contributed by atoms with van der Waals surface area (Å²) in [6.45, 7) is 5.98. The Morgan fingerprint density at radius 1 is 1.26 bits per heavy atom. The highest BCUT2D eigenvalue weighted by molar-refractivity contribution is 5.79. The van der Waals surface area contributed by atoms with Crippen LogP contribution >= 0.6 is 0 Å². The number of rotatable bonds is 6. The van der Waals surface area contributed by atoms with Crippen molar-refractivity contribution in [2.24, 2.45) is 4.99 Å². The molecule has 0 unspecified atom stereocenters. The molecule has 0 amide bonds. The van der Waals surface area contributed by atoms with Crippen molar-refractivity contribution >= 4 is 5.96 Å². The van der Waals surface area contributed by atoms with Gasteiger partial charge < -0.3 is 19.4 Å². The van der Waals surface area contributed by atoms with Gasteiger partial charge in [-0.2, -0.15) is 0 Å². The third kappa shape index (κ3) is 5.06. The van der Waals surface area contributed by atoms with E-state index >= 15 is 0 Å². The van der Waals surface area contributed by atoms with Crippen LogP contribution in [0.2, 0.25) is 0 Å². The Morgan fingerprint density at radius 2 is 2.00 bits per heavy atom. The van der Waals surface area contributed by atoms with Crippen LogP contribution in [0.4, 0.5) is 0 Å². The van der Waals surface area contributed by atoms with Crippen molar-refractivity contribution in [2.75, 3.05) is 27.2 Å². The van der Waals surface area contributed by atoms with Crippen LogP contribution in [0.1, 0.15) is 17.1 Å². The smallest absolute Gasteiger partial charge is 0.193 e. The lowest BCUT2D eigenvalue weighted by molar-refractivity contribution is 0.281. The van der Waals surface area contributed by atoms with Gasteiger partial charge in [-0.1, -0.05) is 18.2 Å². The summed E-state index contributed by atoms with van der Waals surface area (Å²) in [7, 11) is 3.78. The minimum Gasteiger partial charge on any atom is -0.492 e. The van der Waals surface area contributed by atoms with E-state index in [-0.39, 0.29) is 0 Å². The molecule has 0 spiro atoms. The van der Waals surface area contributed by atoms with E-state index in [9.17, 15) is 0 Å². The van der Waals surface area contributed by atoms with E-state index in [2.05, 4.69) is 10.3 Å². The van der Waals surface area contributed by atoms with Crippen molar-refractivity contribution < 1.29 is 9.15 Å². The molecule has 2 aromatic rings. The lowest BCUT2D eigenvalue weighted by atomic mass is 10.2. The molecule has 0 radical (unpaired) electrons. The van der Waals surface area contributed by atoms with Crippen LogP contribution in [0, 0.1) is 13.8 Å². The highest BCUT2D eigenvalue weighted by atomic mass is 16.5. The molecule has 1 aromatic heterocycles.